The highest BCUT2D eigenvalue weighted by Crippen LogP contribution is 2.48. The Morgan fingerprint density at radius 1 is 1.16 bits per heavy atom. The molecule has 2 heterocycles. The molecule has 128 valence electrons. The third-order valence-electron chi connectivity index (χ3n) is 4.57. The van der Waals surface area contributed by atoms with Crippen LogP contribution in [0, 0.1) is 0 Å². The van der Waals surface area contributed by atoms with Crippen molar-refractivity contribution in [3.05, 3.63) is 54.0 Å². The zero-order valence-electron chi connectivity index (χ0n) is 12.8. The van der Waals surface area contributed by atoms with Gasteiger partial charge in [0, 0.05) is 11.8 Å². The van der Waals surface area contributed by atoms with Crippen molar-refractivity contribution in [2.45, 2.75) is 24.4 Å². The predicted molar refractivity (Wildman–Crippen MR) is 82.0 cm³/mol. The molecule has 1 aromatic carbocycles. The van der Waals surface area contributed by atoms with Crippen molar-refractivity contribution in [2.24, 2.45) is 0 Å². The van der Waals surface area contributed by atoms with E-state index in [1.54, 1.807) is 6.07 Å². The van der Waals surface area contributed by atoms with E-state index in [1.165, 1.54) is 29.0 Å². The highest BCUT2D eigenvalue weighted by molar-refractivity contribution is 5.85. The van der Waals surface area contributed by atoms with Crippen LogP contribution in [0.2, 0.25) is 0 Å². The summed E-state index contributed by atoms with van der Waals surface area (Å²) in [5.74, 6) is -0.911. The largest absolute Gasteiger partial charge is 0.481 e. The Morgan fingerprint density at radius 2 is 1.84 bits per heavy atom. The number of rotatable bonds is 3. The molecule has 25 heavy (non-hydrogen) atoms. The van der Waals surface area contributed by atoms with Crippen LogP contribution in [-0.4, -0.2) is 25.7 Å². The quantitative estimate of drug-likeness (QED) is 0.787. The van der Waals surface area contributed by atoms with Gasteiger partial charge >= 0.3 is 12.1 Å². The first-order chi connectivity index (χ1) is 11.8. The molecule has 0 aliphatic heterocycles. The molecular weight excluding hydrogens is 335 g/mol. The van der Waals surface area contributed by atoms with Gasteiger partial charge in [0.15, 0.2) is 5.65 Å². The number of carboxylic acid groups (broad SMARTS) is 1. The van der Waals surface area contributed by atoms with E-state index in [2.05, 4.69) is 10.1 Å². The van der Waals surface area contributed by atoms with Crippen molar-refractivity contribution < 1.29 is 23.1 Å². The van der Waals surface area contributed by atoms with E-state index in [9.17, 15) is 23.1 Å². The summed E-state index contributed by atoms with van der Waals surface area (Å²) in [5.41, 5.74) is 0.353. The second-order valence-corrected chi connectivity index (χ2v) is 6.09. The van der Waals surface area contributed by atoms with Crippen LogP contribution in [0.3, 0.4) is 0 Å². The van der Waals surface area contributed by atoms with Crippen molar-refractivity contribution in [3.63, 3.8) is 0 Å². The van der Waals surface area contributed by atoms with Crippen LogP contribution in [0.15, 0.2) is 42.7 Å². The Balaban J connectivity index is 1.81. The molecule has 0 spiro atoms. The Hall–Kier alpha value is -2.90. The second-order valence-electron chi connectivity index (χ2n) is 6.09. The van der Waals surface area contributed by atoms with Crippen LogP contribution in [0.1, 0.15) is 24.1 Å². The minimum absolute atomic E-state index is 0.421. The van der Waals surface area contributed by atoms with E-state index < -0.39 is 23.1 Å². The first kappa shape index (κ1) is 15.6. The number of aromatic nitrogens is 3. The Labute approximate surface area is 139 Å². The van der Waals surface area contributed by atoms with Crippen molar-refractivity contribution in [1.29, 1.82) is 0 Å². The van der Waals surface area contributed by atoms with E-state index >= 15 is 0 Å². The maximum Gasteiger partial charge on any atom is 0.416 e. The molecule has 8 heteroatoms. The summed E-state index contributed by atoms with van der Waals surface area (Å²) in [6, 6.07) is 6.35. The van der Waals surface area contributed by atoms with Gasteiger partial charge in [-0.3, -0.25) is 4.79 Å². The molecule has 3 aromatic rings. The minimum Gasteiger partial charge on any atom is -0.481 e. The molecule has 0 bridgehead atoms. The lowest BCUT2D eigenvalue weighted by Gasteiger charge is -2.11. The van der Waals surface area contributed by atoms with Crippen LogP contribution in [0.4, 0.5) is 13.2 Å². The van der Waals surface area contributed by atoms with Crippen molar-refractivity contribution in [1.82, 2.24) is 14.6 Å². The van der Waals surface area contributed by atoms with Gasteiger partial charge in [0.2, 0.25) is 0 Å². The number of alkyl halides is 3. The summed E-state index contributed by atoms with van der Waals surface area (Å²) >= 11 is 0. The summed E-state index contributed by atoms with van der Waals surface area (Å²) < 4.78 is 39.6. The first-order valence-electron chi connectivity index (χ1n) is 7.57. The summed E-state index contributed by atoms with van der Waals surface area (Å²) in [7, 11) is 0. The summed E-state index contributed by atoms with van der Waals surface area (Å²) in [6.45, 7) is 0. The standard InChI is InChI=1S/C17H12F3N3O2/c18-17(19,20)11-3-1-10(2-4-11)12-9-22-23-13(5-8-21-14(12)23)16(6-7-16)15(24)25/h1-5,8-9H,6-7H2,(H,24,25). The van der Waals surface area contributed by atoms with Gasteiger partial charge in [-0.2, -0.15) is 18.3 Å². The average molecular weight is 347 g/mol. The maximum absolute atomic E-state index is 12.7. The van der Waals surface area contributed by atoms with E-state index in [1.807, 2.05) is 0 Å². The Kier molecular flexibility index (Phi) is 3.15. The molecule has 1 N–H and O–H groups in total. The average Bonchev–Trinajstić information content (AvgIpc) is 3.27. The van der Waals surface area contributed by atoms with Crippen LogP contribution < -0.4 is 0 Å². The first-order valence-corrected chi connectivity index (χ1v) is 7.57. The number of nitrogens with zero attached hydrogens (tertiary/aromatic N) is 3. The number of aliphatic carboxylic acids is 1. The van der Waals surface area contributed by atoms with Gasteiger partial charge in [0.25, 0.3) is 0 Å². The van der Waals surface area contributed by atoms with Gasteiger partial charge in [-0.05, 0) is 36.6 Å². The molecule has 1 aliphatic rings. The molecule has 5 nitrogen and oxygen atoms in total. The zero-order valence-corrected chi connectivity index (χ0v) is 12.8. The van der Waals surface area contributed by atoms with Gasteiger partial charge < -0.3 is 5.11 Å². The molecule has 4 rings (SSSR count). The fraction of sp³-hybridized carbons (Fsp3) is 0.235. The zero-order chi connectivity index (χ0) is 17.8. The van der Waals surface area contributed by atoms with Gasteiger partial charge in [0.05, 0.1) is 17.5 Å². The summed E-state index contributed by atoms with van der Waals surface area (Å²) in [6.07, 6.45) is -0.353. The number of hydrogen-bond donors (Lipinski definition) is 1. The number of fused-ring (bicyclic) bond motifs is 1. The third kappa shape index (κ3) is 2.36. The van der Waals surface area contributed by atoms with Gasteiger partial charge in [-0.15, -0.1) is 0 Å². The summed E-state index contributed by atoms with van der Waals surface area (Å²) in [5, 5.41) is 13.7. The predicted octanol–water partition coefficient (Wildman–Crippen LogP) is 3.53. The summed E-state index contributed by atoms with van der Waals surface area (Å²) in [4.78, 5) is 15.8. The molecule has 1 aliphatic carbocycles. The van der Waals surface area contributed by atoms with Crippen LogP contribution >= 0.6 is 0 Å². The van der Waals surface area contributed by atoms with Crippen LogP contribution in [0.5, 0.6) is 0 Å². The number of carbonyl (C=O) groups is 1. The lowest BCUT2D eigenvalue weighted by Crippen LogP contribution is -2.23. The third-order valence-corrected chi connectivity index (χ3v) is 4.57. The van der Waals surface area contributed by atoms with E-state index in [0.717, 1.165) is 12.1 Å². The Bertz CT molecular complexity index is 973. The van der Waals surface area contributed by atoms with E-state index in [0.29, 0.717) is 35.3 Å². The van der Waals surface area contributed by atoms with Crippen molar-refractivity contribution in [2.75, 3.05) is 0 Å². The highest BCUT2D eigenvalue weighted by atomic mass is 19.4. The smallest absolute Gasteiger partial charge is 0.416 e. The normalized spacial score (nSPS) is 16.1. The molecule has 0 unspecified atom stereocenters. The van der Waals surface area contributed by atoms with Crippen LogP contribution in [0.25, 0.3) is 16.8 Å². The molecule has 0 atom stereocenters. The van der Waals surface area contributed by atoms with Gasteiger partial charge in [0.1, 0.15) is 5.41 Å². The highest BCUT2D eigenvalue weighted by Gasteiger charge is 2.53. The molecule has 0 saturated heterocycles. The molecule has 2 aromatic heterocycles. The number of halogens is 3. The lowest BCUT2D eigenvalue weighted by atomic mass is 10.0. The second kappa shape index (κ2) is 5.05. The van der Waals surface area contributed by atoms with E-state index in [-0.39, 0.29) is 0 Å². The molecular formula is C17H12F3N3O2. The number of hydrogen-bond acceptors (Lipinski definition) is 3. The van der Waals surface area contributed by atoms with Crippen molar-refractivity contribution in [3.8, 4) is 11.1 Å². The molecule has 0 radical (unpaired) electrons. The van der Waals surface area contributed by atoms with Crippen molar-refractivity contribution >= 4 is 11.6 Å². The minimum atomic E-state index is -4.40. The monoisotopic (exact) mass is 347 g/mol. The fourth-order valence-electron chi connectivity index (χ4n) is 3.00. The lowest BCUT2D eigenvalue weighted by molar-refractivity contribution is -0.140. The number of carboxylic acids is 1. The number of benzene rings is 1. The fourth-order valence-corrected chi connectivity index (χ4v) is 3.00. The SMILES string of the molecule is O=C(O)C1(c2ccnc3c(-c4ccc(C(F)(F)F)cc4)cnn23)CC1. The van der Waals surface area contributed by atoms with Crippen LogP contribution in [-0.2, 0) is 16.4 Å². The maximum atomic E-state index is 12.7. The topological polar surface area (TPSA) is 67.5 Å². The van der Waals surface area contributed by atoms with Gasteiger partial charge in [-0.1, -0.05) is 12.1 Å². The molecule has 0 amide bonds. The Morgan fingerprint density at radius 3 is 2.40 bits per heavy atom. The molecule has 1 fully saturated rings. The van der Waals surface area contributed by atoms with Gasteiger partial charge in [-0.25, -0.2) is 9.50 Å². The molecule has 1 saturated carbocycles. The van der Waals surface area contributed by atoms with E-state index in [4.69, 9.17) is 0 Å².